The molecule has 1 heterocycles. The zero-order chi connectivity index (χ0) is 18.9. The summed E-state index contributed by atoms with van der Waals surface area (Å²) in [6.45, 7) is 11.2. The van der Waals surface area contributed by atoms with Gasteiger partial charge in [-0.15, -0.1) is 11.3 Å². The van der Waals surface area contributed by atoms with Crippen LogP contribution in [0.5, 0.6) is 0 Å². The molecule has 3 aromatic rings. The van der Waals surface area contributed by atoms with Crippen LogP contribution in [0.15, 0.2) is 46.1 Å². The highest BCUT2D eigenvalue weighted by Gasteiger charge is 2.16. The Morgan fingerprint density at radius 3 is 2.23 bits per heavy atom. The summed E-state index contributed by atoms with van der Waals surface area (Å²) in [6, 6.07) is 11.1. The third-order valence-electron chi connectivity index (χ3n) is 4.53. The second kappa shape index (κ2) is 7.53. The molecule has 0 amide bonds. The summed E-state index contributed by atoms with van der Waals surface area (Å²) in [5.41, 5.74) is 7.50. The van der Waals surface area contributed by atoms with E-state index >= 15 is 0 Å². The van der Waals surface area contributed by atoms with E-state index in [4.69, 9.17) is 4.98 Å². The Morgan fingerprint density at radius 1 is 1.04 bits per heavy atom. The summed E-state index contributed by atoms with van der Waals surface area (Å²) in [6.07, 6.45) is 0. The van der Waals surface area contributed by atoms with Crippen molar-refractivity contribution in [2.24, 2.45) is 0 Å². The first-order valence-electron chi connectivity index (χ1n) is 8.69. The maximum Gasteiger partial charge on any atom is 0.150 e. The second-order valence-electron chi connectivity index (χ2n) is 7.63. The number of aryl methyl sites for hydroxylation is 2. The molecule has 0 unspecified atom stereocenters. The molecule has 1 aromatic heterocycles. The normalized spacial score (nSPS) is 11.8. The van der Waals surface area contributed by atoms with E-state index in [-0.39, 0.29) is 11.2 Å². The number of hydrogen-bond acceptors (Lipinski definition) is 3. The van der Waals surface area contributed by atoms with Gasteiger partial charge in [0.1, 0.15) is 5.82 Å². The number of rotatable bonds is 4. The van der Waals surface area contributed by atoms with Crippen LogP contribution in [0.4, 0.5) is 4.39 Å². The van der Waals surface area contributed by atoms with Crippen molar-refractivity contribution in [3.05, 3.63) is 69.8 Å². The fourth-order valence-electron chi connectivity index (χ4n) is 2.86. The van der Waals surface area contributed by atoms with Gasteiger partial charge in [0.2, 0.25) is 0 Å². The van der Waals surface area contributed by atoms with Crippen LogP contribution in [-0.2, 0) is 11.2 Å². The number of benzene rings is 2. The van der Waals surface area contributed by atoms with E-state index in [0.717, 1.165) is 21.3 Å². The highest BCUT2D eigenvalue weighted by Crippen LogP contribution is 2.33. The molecule has 0 fully saturated rings. The van der Waals surface area contributed by atoms with E-state index in [1.165, 1.54) is 34.4 Å². The van der Waals surface area contributed by atoms with Gasteiger partial charge in [-0.2, -0.15) is 0 Å². The average Bonchev–Trinajstić information content (AvgIpc) is 3.02. The van der Waals surface area contributed by atoms with Gasteiger partial charge in [0, 0.05) is 16.7 Å². The number of hydrogen-bond donors (Lipinski definition) is 0. The molecule has 0 aliphatic heterocycles. The van der Waals surface area contributed by atoms with Gasteiger partial charge < -0.3 is 0 Å². The number of thiazole rings is 1. The summed E-state index contributed by atoms with van der Waals surface area (Å²) >= 11 is 3.41. The van der Waals surface area contributed by atoms with E-state index in [9.17, 15) is 4.39 Å². The van der Waals surface area contributed by atoms with Crippen molar-refractivity contribution in [2.75, 3.05) is 0 Å². The molecule has 0 spiro atoms. The molecular weight excluding hydrogens is 361 g/mol. The van der Waals surface area contributed by atoms with Crippen molar-refractivity contribution < 1.29 is 4.39 Å². The maximum absolute atomic E-state index is 13.1. The average molecular weight is 386 g/mol. The fourth-order valence-corrected chi connectivity index (χ4v) is 4.90. The first kappa shape index (κ1) is 19.1. The Hall–Kier alpha value is -1.65. The lowest BCUT2D eigenvalue weighted by Crippen LogP contribution is -2.12. The molecule has 0 N–H and O–H groups in total. The molecule has 0 saturated heterocycles. The first-order chi connectivity index (χ1) is 12.2. The van der Waals surface area contributed by atoms with E-state index in [1.54, 1.807) is 35.2 Å². The molecule has 3 rings (SSSR count). The van der Waals surface area contributed by atoms with Crippen LogP contribution in [0.2, 0.25) is 0 Å². The minimum Gasteiger partial charge on any atom is -0.230 e. The highest BCUT2D eigenvalue weighted by atomic mass is 32.2. The van der Waals surface area contributed by atoms with Gasteiger partial charge in [-0.1, -0.05) is 44.7 Å². The van der Waals surface area contributed by atoms with E-state index < -0.39 is 0 Å². The molecule has 136 valence electrons. The summed E-state index contributed by atoms with van der Waals surface area (Å²) in [5.74, 6) is 0.696. The molecule has 0 atom stereocenters. The zero-order valence-electron chi connectivity index (χ0n) is 15.9. The van der Waals surface area contributed by atoms with Crippen LogP contribution >= 0.6 is 23.1 Å². The van der Waals surface area contributed by atoms with Crippen LogP contribution in [0.3, 0.4) is 0 Å². The molecule has 0 aliphatic rings. The number of aromatic nitrogens is 1. The van der Waals surface area contributed by atoms with Gasteiger partial charge in [0.05, 0.1) is 5.69 Å². The van der Waals surface area contributed by atoms with Gasteiger partial charge >= 0.3 is 0 Å². The third kappa shape index (κ3) is 4.36. The Balaban J connectivity index is 1.75. The Morgan fingerprint density at radius 2 is 1.65 bits per heavy atom. The van der Waals surface area contributed by atoms with E-state index in [1.807, 2.05) is 5.38 Å². The van der Waals surface area contributed by atoms with Crippen LogP contribution in [0, 0.1) is 19.7 Å². The Kier molecular flexibility index (Phi) is 5.54. The van der Waals surface area contributed by atoms with Crippen LogP contribution in [0.25, 0.3) is 11.3 Å². The number of nitrogens with zero attached hydrogens (tertiary/aromatic N) is 1. The Bertz CT molecular complexity index is 882. The molecular formula is C22H24FNS2. The highest BCUT2D eigenvalue weighted by molar-refractivity contribution is 8.00. The SMILES string of the molecule is Cc1cc(C(C)(C)C)cc(C)c1CSc1nc(-c2ccc(F)cc2)cs1. The van der Waals surface area contributed by atoms with Crippen LogP contribution in [0.1, 0.15) is 43.0 Å². The number of thioether (sulfide) groups is 1. The molecule has 0 aliphatic carbocycles. The molecule has 0 saturated carbocycles. The molecule has 0 bridgehead atoms. The van der Waals surface area contributed by atoms with E-state index in [0.29, 0.717) is 0 Å². The molecule has 1 nitrogen and oxygen atoms in total. The van der Waals surface area contributed by atoms with Crippen molar-refractivity contribution in [3.63, 3.8) is 0 Å². The molecule has 26 heavy (non-hydrogen) atoms. The summed E-state index contributed by atoms with van der Waals surface area (Å²) in [5, 5.41) is 2.04. The predicted octanol–water partition coefficient (Wildman–Crippen LogP) is 7.16. The minimum atomic E-state index is -0.219. The van der Waals surface area contributed by atoms with Crippen LogP contribution in [-0.4, -0.2) is 4.98 Å². The minimum absolute atomic E-state index is 0.167. The first-order valence-corrected chi connectivity index (χ1v) is 10.6. The van der Waals surface area contributed by atoms with Crippen molar-refractivity contribution in [3.8, 4) is 11.3 Å². The van der Waals surface area contributed by atoms with E-state index in [2.05, 4.69) is 46.8 Å². The van der Waals surface area contributed by atoms with Crippen molar-refractivity contribution in [1.29, 1.82) is 0 Å². The lowest BCUT2D eigenvalue weighted by Gasteiger charge is -2.22. The van der Waals surface area contributed by atoms with Gasteiger partial charge in [-0.05, 0) is 65.8 Å². The smallest absolute Gasteiger partial charge is 0.150 e. The third-order valence-corrected chi connectivity index (χ3v) is 6.57. The summed E-state index contributed by atoms with van der Waals surface area (Å²) in [4.78, 5) is 4.70. The zero-order valence-corrected chi connectivity index (χ0v) is 17.5. The predicted molar refractivity (Wildman–Crippen MR) is 112 cm³/mol. The number of halogens is 1. The lowest BCUT2D eigenvalue weighted by atomic mass is 9.84. The second-order valence-corrected chi connectivity index (χ2v) is 9.71. The van der Waals surface area contributed by atoms with Crippen molar-refractivity contribution in [2.45, 2.75) is 50.1 Å². The molecule has 0 radical (unpaired) electrons. The van der Waals surface area contributed by atoms with Gasteiger partial charge in [-0.3, -0.25) is 0 Å². The quantitative estimate of drug-likeness (QED) is 0.442. The topological polar surface area (TPSA) is 12.9 Å². The fraction of sp³-hybridized carbons (Fsp3) is 0.318. The molecule has 4 heteroatoms. The maximum atomic E-state index is 13.1. The molecule has 2 aromatic carbocycles. The van der Waals surface area contributed by atoms with Crippen molar-refractivity contribution >= 4 is 23.1 Å². The van der Waals surface area contributed by atoms with Gasteiger partial charge in [0.25, 0.3) is 0 Å². The van der Waals surface area contributed by atoms with Crippen LogP contribution < -0.4 is 0 Å². The van der Waals surface area contributed by atoms with Gasteiger partial charge in [-0.25, -0.2) is 9.37 Å². The summed E-state index contributed by atoms with van der Waals surface area (Å²) < 4.78 is 14.1. The standard InChI is InChI=1S/C22H24FNS2/c1-14-10-17(22(3,4)5)11-15(2)19(14)12-25-21-24-20(13-26-21)16-6-8-18(23)9-7-16/h6-11,13H,12H2,1-5H3. The van der Waals surface area contributed by atoms with Gasteiger partial charge in [0.15, 0.2) is 4.34 Å². The largest absolute Gasteiger partial charge is 0.230 e. The summed E-state index contributed by atoms with van der Waals surface area (Å²) in [7, 11) is 0. The monoisotopic (exact) mass is 385 g/mol. The Labute approximate surface area is 163 Å². The lowest BCUT2D eigenvalue weighted by molar-refractivity contribution is 0.589. The van der Waals surface area contributed by atoms with Crippen molar-refractivity contribution in [1.82, 2.24) is 4.98 Å².